The molecule has 0 spiro atoms. The van der Waals surface area contributed by atoms with Crippen molar-refractivity contribution < 1.29 is 22.7 Å². The van der Waals surface area contributed by atoms with E-state index < -0.39 is 39.0 Å². The normalized spacial score (nSPS) is 18.8. The molecule has 2 N–H and O–H groups in total. The van der Waals surface area contributed by atoms with Gasteiger partial charge in [-0.05, 0) is 49.9 Å². The van der Waals surface area contributed by atoms with E-state index in [9.17, 15) is 27.2 Å². The molecule has 1 fully saturated rings. The molecule has 1 aromatic carbocycles. The number of pyridine rings is 1. The number of carbonyl (C=O) groups is 1. The van der Waals surface area contributed by atoms with Gasteiger partial charge in [0.15, 0.2) is 15.5 Å². The number of nitrogens with zero attached hydrogens (tertiary/aromatic N) is 3. The molecule has 0 atom stereocenters. The van der Waals surface area contributed by atoms with Crippen molar-refractivity contribution in [2.45, 2.75) is 42.7 Å². The lowest BCUT2D eigenvalue weighted by molar-refractivity contribution is 0.182. The lowest BCUT2D eigenvalue weighted by Crippen LogP contribution is -2.45. The molecule has 3 aromatic rings. The van der Waals surface area contributed by atoms with Crippen LogP contribution in [0.4, 0.5) is 9.18 Å². The Labute approximate surface area is 187 Å². The molecule has 0 saturated heterocycles. The Balaban J connectivity index is 1.91. The second kappa shape index (κ2) is 8.43. The molecule has 1 aliphatic rings. The zero-order valence-electron chi connectivity index (χ0n) is 17.6. The van der Waals surface area contributed by atoms with Gasteiger partial charge in [-0.25, -0.2) is 31.9 Å². The predicted molar refractivity (Wildman–Crippen MR) is 117 cm³/mol. The van der Waals surface area contributed by atoms with Crippen LogP contribution in [-0.4, -0.2) is 46.0 Å². The van der Waals surface area contributed by atoms with Crippen molar-refractivity contribution in [3.05, 3.63) is 63.2 Å². The second-order valence-corrected chi connectivity index (χ2v) is 10.1. The molecule has 0 radical (unpaired) electrons. The highest BCUT2D eigenvalue weighted by Gasteiger charge is 2.28. The summed E-state index contributed by atoms with van der Waals surface area (Å²) in [5.74, 6) is -0.754. The second-order valence-electron chi connectivity index (χ2n) is 8.04. The van der Waals surface area contributed by atoms with Gasteiger partial charge in [0.2, 0.25) is 0 Å². The average Bonchev–Trinajstić information content (AvgIpc) is 2.75. The van der Waals surface area contributed by atoms with E-state index in [1.807, 2.05) is 0 Å². The first-order valence-corrected chi connectivity index (χ1v) is 12.1. The Kier molecular flexibility index (Phi) is 5.78. The number of aromatic nitrogens is 3. The highest BCUT2D eigenvalue weighted by Crippen LogP contribution is 2.27. The molecular weight excluding hydrogens is 455 g/mol. The van der Waals surface area contributed by atoms with Gasteiger partial charge in [-0.15, -0.1) is 0 Å². The summed E-state index contributed by atoms with van der Waals surface area (Å²) in [4.78, 5) is 41.6. The fraction of sp³-hybridized carbons (Fsp3) is 0.333. The average molecular weight is 476 g/mol. The van der Waals surface area contributed by atoms with Crippen LogP contribution < -0.4 is 16.6 Å². The van der Waals surface area contributed by atoms with Crippen molar-refractivity contribution >= 4 is 27.0 Å². The van der Waals surface area contributed by atoms with Crippen molar-refractivity contribution in [2.75, 3.05) is 6.26 Å². The molecule has 4 rings (SSSR count). The van der Waals surface area contributed by atoms with Crippen LogP contribution in [-0.2, 0) is 9.84 Å². The first-order chi connectivity index (χ1) is 15.6. The van der Waals surface area contributed by atoms with Crippen LogP contribution in [0.2, 0.25) is 0 Å². The van der Waals surface area contributed by atoms with E-state index in [1.54, 1.807) is 0 Å². The summed E-state index contributed by atoms with van der Waals surface area (Å²) in [5, 5.41) is 11.2. The lowest BCUT2D eigenvalue weighted by atomic mass is 9.91. The van der Waals surface area contributed by atoms with Crippen molar-refractivity contribution in [1.29, 1.82) is 0 Å². The third-order valence-electron chi connectivity index (χ3n) is 5.79. The zero-order chi connectivity index (χ0) is 23.9. The molecule has 1 amide bonds. The molecule has 174 valence electrons. The molecule has 12 heteroatoms. The molecule has 2 heterocycles. The van der Waals surface area contributed by atoms with E-state index in [0.717, 1.165) is 27.7 Å². The fourth-order valence-corrected chi connectivity index (χ4v) is 4.90. The first kappa shape index (κ1) is 22.6. The quantitative estimate of drug-likeness (QED) is 0.585. The number of halogens is 1. The summed E-state index contributed by atoms with van der Waals surface area (Å²) in [6.07, 6.45) is 2.33. The van der Waals surface area contributed by atoms with Crippen LogP contribution in [0.15, 0.2) is 51.0 Å². The fourth-order valence-electron chi connectivity index (χ4n) is 4.24. The first-order valence-electron chi connectivity index (χ1n) is 10.2. The van der Waals surface area contributed by atoms with E-state index >= 15 is 0 Å². The van der Waals surface area contributed by atoms with E-state index in [2.05, 4.69) is 10.3 Å². The number of fused-ring (bicyclic) bond motifs is 1. The van der Waals surface area contributed by atoms with Gasteiger partial charge >= 0.3 is 11.8 Å². The van der Waals surface area contributed by atoms with Gasteiger partial charge in [0.25, 0.3) is 5.56 Å². The number of rotatable bonds is 4. The van der Waals surface area contributed by atoms with Gasteiger partial charge in [-0.2, -0.15) is 0 Å². The van der Waals surface area contributed by atoms with E-state index in [4.69, 9.17) is 5.11 Å². The highest BCUT2D eigenvalue weighted by molar-refractivity contribution is 7.90. The number of hydrogen-bond acceptors (Lipinski definition) is 6. The Hall–Kier alpha value is -3.54. The minimum absolute atomic E-state index is 0.0276. The third-order valence-corrected chi connectivity index (χ3v) is 6.90. The minimum atomic E-state index is -3.58. The van der Waals surface area contributed by atoms with Gasteiger partial charge in [-0.3, -0.25) is 9.36 Å². The SMILES string of the molecule is CS(=O)(=O)c1cccc(-n2c(=O)n([C@H]3CC[C@@H](NC(=O)O)CC3)c(=O)c3cc(F)cnc32)c1. The van der Waals surface area contributed by atoms with Gasteiger partial charge in [0.1, 0.15) is 5.82 Å². The largest absolute Gasteiger partial charge is 0.465 e. The van der Waals surface area contributed by atoms with Crippen LogP contribution in [0, 0.1) is 5.82 Å². The topological polar surface area (TPSA) is 140 Å². The lowest BCUT2D eigenvalue weighted by Gasteiger charge is -2.29. The smallest absolute Gasteiger partial charge is 0.404 e. The number of carboxylic acid groups (broad SMARTS) is 1. The van der Waals surface area contributed by atoms with Crippen LogP contribution >= 0.6 is 0 Å². The molecule has 10 nitrogen and oxygen atoms in total. The van der Waals surface area contributed by atoms with Gasteiger partial charge < -0.3 is 10.4 Å². The summed E-state index contributed by atoms with van der Waals surface area (Å²) in [6.45, 7) is 0. The van der Waals surface area contributed by atoms with Crippen LogP contribution in [0.25, 0.3) is 16.7 Å². The number of nitrogens with one attached hydrogen (secondary N) is 1. The molecule has 0 aliphatic heterocycles. The van der Waals surface area contributed by atoms with Gasteiger partial charge in [0, 0.05) is 18.3 Å². The van der Waals surface area contributed by atoms with Crippen molar-refractivity contribution in [2.24, 2.45) is 0 Å². The number of hydrogen-bond donors (Lipinski definition) is 2. The Morgan fingerprint density at radius 1 is 1.18 bits per heavy atom. The van der Waals surface area contributed by atoms with E-state index in [-0.39, 0.29) is 27.7 Å². The summed E-state index contributed by atoms with van der Waals surface area (Å²) in [5.41, 5.74) is -1.35. The van der Waals surface area contributed by atoms with Gasteiger partial charge in [-0.1, -0.05) is 6.07 Å². The van der Waals surface area contributed by atoms with Crippen molar-refractivity contribution in [3.8, 4) is 5.69 Å². The maximum atomic E-state index is 14.0. The molecule has 0 unspecified atom stereocenters. The van der Waals surface area contributed by atoms with Crippen molar-refractivity contribution in [3.63, 3.8) is 0 Å². The molecular formula is C21H21FN4O6S. The molecule has 0 bridgehead atoms. The Bertz CT molecular complexity index is 1470. The zero-order valence-corrected chi connectivity index (χ0v) is 18.4. The number of sulfone groups is 1. The van der Waals surface area contributed by atoms with E-state index in [1.165, 1.54) is 24.3 Å². The monoisotopic (exact) mass is 476 g/mol. The molecule has 33 heavy (non-hydrogen) atoms. The maximum absolute atomic E-state index is 14.0. The molecule has 2 aromatic heterocycles. The third kappa shape index (κ3) is 4.38. The highest BCUT2D eigenvalue weighted by atomic mass is 32.2. The van der Waals surface area contributed by atoms with Crippen LogP contribution in [0.5, 0.6) is 0 Å². The summed E-state index contributed by atoms with van der Waals surface area (Å²) in [6, 6.07) is 5.82. The number of amides is 1. The Morgan fingerprint density at radius 2 is 1.88 bits per heavy atom. The standard InChI is InChI=1S/C21H21FN4O6S/c1-33(31,32)16-4-2-3-15(10-16)25-18-17(9-12(22)11-23-18)19(27)26(21(25)30)14-7-5-13(6-8-14)24-20(28)29/h2-4,9-11,13-14,24H,5-8H2,1H3,(H,28,29)/t13-,14+. The van der Waals surface area contributed by atoms with E-state index in [0.29, 0.717) is 25.7 Å². The molecule has 1 saturated carbocycles. The van der Waals surface area contributed by atoms with Crippen LogP contribution in [0.3, 0.4) is 0 Å². The summed E-state index contributed by atoms with van der Waals surface area (Å²) >= 11 is 0. The summed E-state index contributed by atoms with van der Waals surface area (Å²) in [7, 11) is -3.58. The summed E-state index contributed by atoms with van der Waals surface area (Å²) < 4.78 is 40.2. The van der Waals surface area contributed by atoms with Crippen LogP contribution in [0.1, 0.15) is 31.7 Å². The van der Waals surface area contributed by atoms with Crippen molar-refractivity contribution in [1.82, 2.24) is 19.4 Å². The Morgan fingerprint density at radius 3 is 2.52 bits per heavy atom. The molecule has 1 aliphatic carbocycles. The number of benzene rings is 1. The maximum Gasteiger partial charge on any atom is 0.404 e. The van der Waals surface area contributed by atoms with Gasteiger partial charge in [0.05, 0.1) is 22.2 Å². The predicted octanol–water partition coefficient (Wildman–Crippen LogP) is 1.84. The minimum Gasteiger partial charge on any atom is -0.465 e.